The zero-order chi connectivity index (χ0) is 9.10. The van der Waals surface area contributed by atoms with E-state index in [1.807, 2.05) is 0 Å². The normalized spacial score (nSPS) is 37.6. The first-order chi connectivity index (χ1) is 6.38. The zero-order valence-electron chi connectivity index (χ0n) is 9.10. The fourth-order valence-electron chi connectivity index (χ4n) is 3.61. The van der Waals surface area contributed by atoms with Crippen molar-refractivity contribution < 1.29 is 0 Å². The molecule has 13 heavy (non-hydrogen) atoms. The second kappa shape index (κ2) is 4.48. The molecular formula is C13H24. The van der Waals surface area contributed by atoms with E-state index in [9.17, 15) is 0 Å². The highest BCUT2D eigenvalue weighted by atomic mass is 14.4. The molecule has 0 aliphatic heterocycles. The van der Waals surface area contributed by atoms with E-state index < -0.39 is 0 Å². The van der Waals surface area contributed by atoms with Gasteiger partial charge in [-0.05, 0) is 24.2 Å². The van der Waals surface area contributed by atoms with E-state index in [0.29, 0.717) is 0 Å². The quantitative estimate of drug-likeness (QED) is 0.525. The third-order valence-electron chi connectivity index (χ3n) is 4.43. The maximum absolute atomic E-state index is 2.49. The highest BCUT2D eigenvalue weighted by Crippen LogP contribution is 2.41. The van der Waals surface area contributed by atoms with E-state index in [2.05, 4.69) is 6.92 Å². The number of hydrogen-bond donors (Lipinski definition) is 0. The standard InChI is InChI=1S/C13H24/c1-11-7-6-10-13(11)12-8-4-2-3-5-9-12/h11-13H,2-10H2,1H3. The first-order valence-corrected chi connectivity index (χ1v) is 6.38. The highest BCUT2D eigenvalue weighted by Gasteiger charge is 2.30. The van der Waals surface area contributed by atoms with Crippen molar-refractivity contribution in [3.63, 3.8) is 0 Å². The average Bonchev–Trinajstić information content (AvgIpc) is 2.43. The minimum atomic E-state index is 1.04. The van der Waals surface area contributed by atoms with E-state index in [1.54, 1.807) is 19.3 Å². The van der Waals surface area contributed by atoms with Gasteiger partial charge in [-0.25, -0.2) is 0 Å². The van der Waals surface area contributed by atoms with Crippen molar-refractivity contribution in [1.29, 1.82) is 0 Å². The Labute approximate surface area is 83.1 Å². The molecule has 2 unspecified atom stereocenters. The number of hydrogen-bond acceptors (Lipinski definition) is 0. The predicted octanol–water partition coefficient (Wildman–Crippen LogP) is 4.39. The van der Waals surface area contributed by atoms with Crippen molar-refractivity contribution in [1.82, 2.24) is 0 Å². The van der Waals surface area contributed by atoms with Gasteiger partial charge in [-0.15, -0.1) is 0 Å². The minimum Gasteiger partial charge on any atom is -0.0622 e. The molecule has 0 bridgehead atoms. The van der Waals surface area contributed by atoms with Gasteiger partial charge in [0.05, 0.1) is 0 Å². The summed E-state index contributed by atoms with van der Waals surface area (Å²) in [5, 5.41) is 0. The fourth-order valence-corrected chi connectivity index (χ4v) is 3.61. The van der Waals surface area contributed by atoms with Gasteiger partial charge in [0.25, 0.3) is 0 Å². The van der Waals surface area contributed by atoms with Crippen LogP contribution in [0.3, 0.4) is 0 Å². The zero-order valence-corrected chi connectivity index (χ0v) is 9.10. The molecule has 0 radical (unpaired) electrons. The van der Waals surface area contributed by atoms with E-state index >= 15 is 0 Å². The summed E-state index contributed by atoms with van der Waals surface area (Å²) in [6.07, 6.45) is 13.7. The summed E-state index contributed by atoms with van der Waals surface area (Å²) in [6.45, 7) is 2.49. The van der Waals surface area contributed by atoms with E-state index in [4.69, 9.17) is 0 Å². The van der Waals surface area contributed by atoms with Gasteiger partial charge in [-0.3, -0.25) is 0 Å². The maximum Gasteiger partial charge on any atom is -0.0360 e. The van der Waals surface area contributed by atoms with Crippen molar-refractivity contribution in [2.24, 2.45) is 17.8 Å². The smallest absolute Gasteiger partial charge is 0.0360 e. The predicted molar refractivity (Wildman–Crippen MR) is 57.7 cm³/mol. The van der Waals surface area contributed by atoms with E-state index in [0.717, 1.165) is 17.8 Å². The van der Waals surface area contributed by atoms with Gasteiger partial charge in [0, 0.05) is 0 Å². The second-order valence-corrected chi connectivity index (χ2v) is 5.32. The van der Waals surface area contributed by atoms with Crippen molar-refractivity contribution in [2.45, 2.75) is 64.7 Å². The molecule has 0 N–H and O–H groups in total. The molecule has 2 atom stereocenters. The highest BCUT2D eigenvalue weighted by molar-refractivity contribution is 4.81. The Morgan fingerprint density at radius 1 is 0.692 bits per heavy atom. The Hall–Kier alpha value is 0. The van der Waals surface area contributed by atoms with Crippen LogP contribution in [0.25, 0.3) is 0 Å². The number of rotatable bonds is 1. The molecular weight excluding hydrogens is 156 g/mol. The van der Waals surface area contributed by atoms with Gasteiger partial charge < -0.3 is 0 Å². The Balaban J connectivity index is 1.89. The van der Waals surface area contributed by atoms with Crippen LogP contribution in [0, 0.1) is 17.8 Å². The molecule has 2 saturated carbocycles. The average molecular weight is 180 g/mol. The van der Waals surface area contributed by atoms with Gasteiger partial charge in [-0.2, -0.15) is 0 Å². The molecule has 0 amide bonds. The van der Waals surface area contributed by atoms with Gasteiger partial charge in [0.2, 0.25) is 0 Å². The second-order valence-electron chi connectivity index (χ2n) is 5.32. The molecule has 2 rings (SSSR count). The summed E-state index contributed by atoms with van der Waals surface area (Å²) in [4.78, 5) is 0. The van der Waals surface area contributed by atoms with E-state index in [-0.39, 0.29) is 0 Å². The lowest BCUT2D eigenvalue weighted by molar-refractivity contribution is 0.249. The van der Waals surface area contributed by atoms with Crippen LogP contribution in [0.4, 0.5) is 0 Å². The summed E-state index contributed by atoms with van der Waals surface area (Å²) in [5.41, 5.74) is 0. The van der Waals surface area contributed by atoms with Gasteiger partial charge in [-0.1, -0.05) is 58.3 Å². The summed E-state index contributed by atoms with van der Waals surface area (Å²) in [5.74, 6) is 3.26. The third-order valence-corrected chi connectivity index (χ3v) is 4.43. The van der Waals surface area contributed by atoms with Crippen LogP contribution in [-0.4, -0.2) is 0 Å². The van der Waals surface area contributed by atoms with Crippen LogP contribution in [0.5, 0.6) is 0 Å². The molecule has 0 spiro atoms. The fraction of sp³-hybridized carbons (Fsp3) is 1.00. The van der Waals surface area contributed by atoms with Crippen LogP contribution in [-0.2, 0) is 0 Å². The molecule has 0 aromatic heterocycles. The maximum atomic E-state index is 2.49. The molecule has 0 heterocycles. The summed E-state index contributed by atoms with van der Waals surface area (Å²) < 4.78 is 0. The SMILES string of the molecule is CC1CCCC1C1CCCCCC1. The Morgan fingerprint density at radius 3 is 1.92 bits per heavy atom. The lowest BCUT2D eigenvalue weighted by Crippen LogP contribution is -2.16. The van der Waals surface area contributed by atoms with Crippen LogP contribution in [0.2, 0.25) is 0 Å². The molecule has 0 nitrogen and oxygen atoms in total. The molecule has 0 aromatic carbocycles. The summed E-state index contributed by atoms with van der Waals surface area (Å²) in [6, 6.07) is 0. The monoisotopic (exact) mass is 180 g/mol. The van der Waals surface area contributed by atoms with Crippen LogP contribution in [0.1, 0.15) is 64.7 Å². The molecule has 0 heteroatoms. The Morgan fingerprint density at radius 2 is 1.38 bits per heavy atom. The molecule has 2 aliphatic rings. The van der Waals surface area contributed by atoms with Crippen molar-refractivity contribution in [3.8, 4) is 0 Å². The van der Waals surface area contributed by atoms with Gasteiger partial charge in [0.15, 0.2) is 0 Å². The topological polar surface area (TPSA) is 0 Å². The molecule has 76 valence electrons. The largest absolute Gasteiger partial charge is 0.0622 e. The van der Waals surface area contributed by atoms with Crippen LogP contribution >= 0.6 is 0 Å². The van der Waals surface area contributed by atoms with Gasteiger partial charge >= 0.3 is 0 Å². The lowest BCUT2D eigenvalue weighted by atomic mass is 9.80. The summed E-state index contributed by atoms with van der Waals surface area (Å²) >= 11 is 0. The van der Waals surface area contributed by atoms with Crippen molar-refractivity contribution in [2.75, 3.05) is 0 Å². The summed E-state index contributed by atoms with van der Waals surface area (Å²) in [7, 11) is 0. The van der Waals surface area contributed by atoms with Crippen molar-refractivity contribution in [3.05, 3.63) is 0 Å². The Bertz CT molecular complexity index is 142. The first-order valence-electron chi connectivity index (χ1n) is 6.38. The van der Waals surface area contributed by atoms with Crippen LogP contribution in [0.15, 0.2) is 0 Å². The lowest BCUT2D eigenvalue weighted by Gasteiger charge is -2.25. The molecule has 0 saturated heterocycles. The van der Waals surface area contributed by atoms with E-state index in [1.165, 1.54) is 38.5 Å². The molecule has 0 aromatic rings. The minimum absolute atomic E-state index is 1.04. The molecule has 2 aliphatic carbocycles. The van der Waals surface area contributed by atoms with Crippen molar-refractivity contribution >= 4 is 0 Å². The van der Waals surface area contributed by atoms with Gasteiger partial charge in [0.1, 0.15) is 0 Å². The van der Waals surface area contributed by atoms with Crippen LogP contribution < -0.4 is 0 Å². The molecule has 2 fully saturated rings. The third kappa shape index (κ3) is 2.27. The Kier molecular flexibility index (Phi) is 3.29. The first kappa shape index (κ1) is 9.55.